The van der Waals surface area contributed by atoms with Crippen molar-refractivity contribution in [3.05, 3.63) is 48.0 Å². The van der Waals surface area contributed by atoms with Crippen LogP contribution in [0.1, 0.15) is 0 Å². The van der Waals surface area contributed by atoms with Crippen LogP contribution in [-0.4, -0.2) is 10.2 Å². The van der Waals surface area contributed by atoms with Gasteiger partial charge in [-0.05, 0) is 34.0 Å². The van der Waals surface area contributed by atoms with Crippen LogP contribution < -0.4 is 4.40 Å². The summed E-state index contributed by atoms with van der Waals surface area (Å²) in [4.78, 5) is 0.924. The molecule has 0 atom stereocenters. The summed E-state index contributed by atoms with van der Waals surface area (Å²) in [7, 11) is 0. The van der Waals surface area contributed by atoms with Gasteiger partial charge in [-0.1, -0.05) is 24.3 Å². The van der Waals surface area contributed by atoms with Crippen LogP contribution in [0.5, 0.6) is 0 Å². The van der Waals surface area contributed by atoms with Crippen LogP contribution in [-0.2, 0) is 0 Å². The van der Waals surface area contributed by atoms with E-state index in [9.17, 15) is 0 Å². The van der Waals surface area contributed by atoms with E-state index in [1.165, 1.54) is 5.39 Å². The van der Waals surface area contributed by atoms with Gasteiger partial charge >= 0.3 is 4.96 Å². The molecule has 0 fully saturated rings. The Labute approximate surface area is 101 Å². The molecule has 2 aromatic carbocycles. The highest BCUT2D eigenvalue weighted by Crippen LogP contribution is 2.21. The van der Waals surface area contributed by atoms with E-state index in [1.807, 2.05) is 23.7 Å². The van der Waals surface area contributed by atoms with Gasteiger partial charge in [0, 0.05) is 10.8 Å². The molecule has 0 saturated heterocycles. The highest BCUT2D eigenvalue weighted by molar-refractivity contribution is 7.14. The minimum absolute atomic E-state index is 0.924. The quantitative estimate of drug-likeness (QED) is 0.348. The van der Waals surface area contributed by atoms with Crippen LogP contribution in [0.3, 0.4) is 0 Å². The smallest absolute Gasteiger partial charge is 0.182 e. The monoisotopic (exact) mass is 238 g/mol. The first-order valence-electron chi connectivity index (χ1n) is 5.36. The molecule has 0 bridgehead atoms. The third-order valence-corrected chi connectivity index (χ3v) is 3.71. The number of hydrogen-bond donors (Lipinski definition) is 0. The zero-order valence-corrected chi connectivity index (χ0v) is 9.69. The molecule has 0 saturated carbocycles. The number of aromatic nitrogens is 3. The van der Waals surface area contributed by atoms with Gasteiger partial charge in [-0.25, -0.2) is 0 Å². The van der Waals surface area contributed by atoms with E-state index in [4.69, 9.17) is 0 Å². The molecule has 2 heterocycles. The molecule has 0 amide bonds. The molecule has 0 aliphatic rings. The summed E-state index contributed by atoms with van der Waals surface area (Å²) < 4.78 is 2.08. The molecule has 80 valence electrons. The number of thiazole rings is 1. The summed E-state index contributed by atoms with van der Waals surface area (Å²) >= 11 is 1.60. The molecule has 17 heavy (non-hydrogen) atoms. The Bertz CT molecular complexity index is 851. The number of hydrogen-bond acceptors (Lipinski definition) is 3. The summed E-state index contributed by atoms with van der Waals surface area (Å²) in [5.74, 6) is 0. The topological polar surface area (TPSA) is 29.9 Å². The van der Waals surface area contributed by atoms with Crippen molar-refractivity contribution in [2.24, 2.45) is 0 Å². The van der Waals surface area contributed by atoms with Crippen molar-refractivity contribution < 1.29 is 4.40 Å². The van der Waals surface area contributed by atoms with Crippen molar-refractivity contribution in [3.63, 3.8) is 0 Å². The molecule has 0 spiro atoms. The van der Waals surface area contributed by atoms with Gasteiger partial charge in [0.15, 0.2) is 11.0 Å². The van der Waals surface area contributed by atoms with E-state index >= 15 is 0 Å². The first kappa shape index (κ1) is 9.01. The molecule has 4 aromatic rings. The van der Waals surface area contributed by atoms with Gasteiger partial charge in [0.1, 0.15) is 6.20 Å². The van der Waals surface area contributed by atoms with Crippen LogP contribution >= 0.6 is 11.3 Å². The first-order chi connectivity index (χ1) is 8.43. The lowest BCUT2D eigenvalue weighted by atomic mass is 10.1. The molecule has 2 aromatic heterocycles. The first-order valence-corrected chi connectivity index (χ1v) is 6.24. The maximum atomic E-state index is 4.35. The Morgan fingerprint density at radius 1 is 1.00 bits per heavy atom. The van der Waals surface area contributed by atoms with Crippen LogP contribution in [0.25, 0.3) is 26.8 Å². The van der Waals surface area contributed by atoms with Gasteiger partial charge in [-0.2, -0.15) is 4.40 Å². The van der Waals surface area contributed by atoms with Gasteiger partial charge in [-0.15, -0.1) is 0 Å². The fraction of sp³-hybridized carbons (Fsp3) is 0. The molecule has 4 rings (SSSR count). The number of rotatable bonds is 0. The second-order valence-corrected chi connectivity index (χ2v) is 4.78. The molecular formula is C13H8N3S+. The van der Waals surface area contributed by atoms with Crippen LogP contribution in [0.4, 0.5) is 0 Å². The summed E-state index contributed by atoms with van der Waals surface area (Å²) in [5.41, 5.74) is 2.06. The van der Waals surface area contributed by atoms with Crippen molar-refractivity contribution in [1.82, 2.24) is 10.2 Å². The molecule has 0 N–H and O–H groups in total. The van der Waals surface area contributed by atoms with Crippen molar-refractivity contribution >= 4 is 38.1 Å². The zero-order chi connectivity index (χ0) is 11.2. The summed E-state index contributed by atoms with van der Waals surface area (Å²) in [6, 6.07) is 12.5. The summed E-state index contributed by atoms with van der Waals surface area (Å²) in [6.45, 7) is 0. The fourth-order valence-corrected chi connectivity index (χ4v) is 2.83. The molecule has 3 nitrogen and oxygen atoms in total. The van der Waals surface area contributed by atoms with E-state index in [0.29, 0.717) is 0 Å². The summed E-state index contributed by atoms with van der Waals surface area (Å²) in [5, 5.41) is 13.0. The number of nitrogens with zero attached hydrogens (tertiary/aromatic N) is 3. The third kappa shape index (κ3) is 1.18. The second kappa shape index (κ2) is 3.21. The van der Waals surface area contributed by atoms with E-state index in [0.717, 1.165) is 21.4 Å². The maximum absolute atomic E-state index is 4.35. The Morgan fingerprint density at radius 2 is 1.94 bits per heavy atom. The molecular weight excluding hydrogens is 230 g/mol. The normalized spacial score (nSPS) is 11.5. The molecule has 4 heteroatoms. The SMILES string of the molecule is c1ccc2c(c1)ccc1c2nnc2scc[n+]21. The van der Waals surface area contributed by atoms with Gasteiger partial charge < -0.3 is 0 Å². The Kier molecular flexibility index (Phi) is 1.70. The largest absolute Gasteiger partial charge is 0.413 e. The molecule has 0 unspecified atom stereocenters. The molecule has 0 radical (unpaired) electrons. The predicted octanol–water partition coefficient (Wildman–Crippen LogP) is 2.58. The standard InChI is InChI=1S/C13H8N3S/c1-2-4-10-9(3-1)5-6-11-12(10)14-15-13-16(11)7-8-17-13/h1-8H/q+1. The highest BCUT2D eigenvalue weighted by atomic mass is 32.1. The zero-order valence-electron chi connectivity index (χ0n) is 8.87. The predicted molar refractivity (Wildman–Crippen MR) is 68.1 cm³/mol. The van der Waals surface area contributed by atoms with E-state index < -0.39 is 0 Å². The Hall–Kier alpha value is -2.07. The lowest BCUT2D eigenvalue weighted by Gasteiger charge is -1.98. The van der Waals surface area contributed by atoms with Crippen LogP contribution in [0.2, 0.25) is 0 Å². The summed E-state index contributed by atoms with van der Waals surface area (Å²) in [6.07, 6.45) is 2.03. The van der Waals surface area contributed by atoms with Gasteiger partial charge in [0.25, 0.3) is 0 Å². The second-order valence-electron chi connectivity index (χ2n) is 3.91. The molecule has 0 aliphatic carbocycles. The average Bonchev–Trinajstić information content (AvgIpc) is 2.86. The number of benzene rings is 2. The van der Waals surface area contributed by atoms with E-state index in [1.54, 1.807) is 11.3 Å². The minimum Gasteiger partial charge on any atom is -0.182 e. The van der Waals surface area contributed by atoms with E-state index in [-0.39, 0.29) is 0 Å². The van der Waals surface area contributed by atoms with E-state index in [2.05, 4.69) is 38.9 Å². The lowest BCUT2D eigenvalue weighted by Crippen LogP contribution is -2.20. The van der Waals surface area contributed by atoms with Crippen molar-refractivity contribution in [2.75, 3.05) is 0 Å². The third-order valence-electron chi connectivity index (χ3n) is 2.96. The highest BCUT2D eigenvalue weighted by Gasteiger charge is 2.13. The van der Waals surface area contributed by atoms with Gasteiger partial charge in [0.2, 0.25) is 0 Å². The molecule has 0 aliphatic heterocycles. The Balaban J connectivity index is 2.34. The fourth-order valence-electron chi connectivity index (χ4n) is 2.16. The lowest BCUT2D eigenvalue weighted by molar-refractivity contribution is -0.480. The van der Waals surface area contributed by atoms with Crippen molar-refractivity contribution in [2.45, 2.75) is 0 Å². The Morgan fingerprint density at radius 3 is 2.94 bits per heavy atom. The van der Waals surface area contributed by atoms with Crippen LogP contribution in [0.15, 0.2) is 48.0 Å². The van der Waals surface area contributed by atoms with Gasteiger partial charge in [0.05, 0.1) is 5.10 Å². The minimum atomic E-state index is 0.924. The van der Waals surface area contributed by atoms with Crippen molar-refractivity contribution in [1.29, 1.82) is 0 Å². The number of fused-ring (bicyclic) bond motifs is 5. The van der Waals surface area contributed by atoms with Crippen molar-refractivity contribution in [3.8, 4) is 0 Å². The van der Waals surface area contributed by atoms with Gasteiger partial charge in [-0.3, -0.25) is 0 Å². The maximum Gasteiger partial charge on any atom is 0.413 e. The van der Waals surface area contributed by atoms with Crippen LogP contribution in [0, 0.1) is 0 Å². The average molecular weight is 238 g/mol.